The number of benzene rings is 2. The topological polar surface area (TPSA) is 63.6 Å². The maximum atomic E-state index is 11.8. The molecule has 2 aromatic carbocycles. The molecule has 0 amide bonds. The highest BCUT2D eigenvalue weighted by molar-refractivity contribution is 6.06. The number of rotatable bonds is 5. The van der Waals surface area contributed by atoms with E-state index < -0.39 is 18.2 Å². The summed E-state index contributed by atoms with van der Waals surface area (Å²) in [7, 11) is 1.59. The zero-order chi connectivity index (χ0) is 14.5. The van der Waals surface area contributed by atoms with Crippen molar-refractivity contribution in [2.45, 2.75) is 6.42 Å². The summed E-state index contributed by atoms with van der Waals surface area (Å²) in [6.45, 7) is 0. The Hall–Kier alpha value is -2.62. The van der Waals surface area contributed by atoms with Crippen LogP contribution in [0.5, 0.6) is 5.75 Å². The molecule has 0 aliphatic heterocycles. The van der Waals surface area contributed by atoms with Gasteiger partial charge in [0.05, 0.1) is 7.11 Å². The van der Waals surface area contributed by atoms with Crippen molar-refractivity contribution in [3.8, 4) is 16.9 Å². The molecule has 0 aromatic heterocycles. The van der Waals surface area contributed by atoms with Crippen LogP contribution in [0, 0.1) is 0 Å². The zero-order valence-electron chi connectivity index (χ0n) is 11.0. The van der Waals surface area contributed by atoms with E-state index in [1.54, 1.807) is 25.3 Å². The summed E-state index contributed by atoms with van der Waals surface area (Å²) in [6, 6.07) is 14.4. The van der Waals surface area contributed by atoms with Crippen LogP contribution in [-0.2, 0) is 4.79 Å². The molecule has 0 saturated heterocycles. The van der Waals surface area contributed by atoms with Crippen molar-refractivity contribution in [1.29, 1.82) is 0 Å². The molecule has 102 valence electrons. The smallest absolute Gasteiger partial charge is 0.311 e. The van der Waals surface area contributed by atoms with Crippen molar-refractivity contribution in [3.63, 3.8) is 0 Å². The third-order valence-electron chi connectivity index (χ3n) is 2.90. The lowest BCUT2D eigenvalue weighted by Gasteiger charge is -2.06. The fraction of sp³-hybridized carbons (Fsp3) is 0.125. The highest BCUT2D eigenvalue weighted by Gasteiger charge is 2.11. The van der Waals surface area contributed by atoms with Gasteiger partial charge in [-0.1, -0.05) is 30.3 Å². The Balaban J connectivity index is 2.33. The van der Waals surface area contributed by atoms with Crippen LogP contribution < -0.4 is 4.74 Å². The molecule has 4 nitrogen and oxygen atoms in total. The number of hydrogen-bond acceptors (Lipinski definition) is 3. The Kier molecular flexibility index (Phi) is 4.15. The second-order valence-corrected chi connectivity index (χ2v) is 4.31. The number of aliphatic carboxylic acids is 1. The number of carbonyl (C=O) groups excluding carboxylic acids is 1. The van der Waals surface area contributed by atoms with E-state index in [2.05, 4.69) is 0 Å². The fourth-order valence-electron chi connectivity index (χ4n) is 1.91. The Bertz CT molecular complexity index is 646. The minimum absolute atomic E-state index is 0.396. The summed E-state index contributed by atoms with van der Waals surface area (Å²) in [5.74, 6) is -0.797. The number of methoxy groups -OCH3 is 1. The maximum absolute atomic E-state index is 11.8. The molecular formula is C16H14O4. The lowest BCUT2D eigenvalue weighted by molar-refractivity contribution is -0.135. The molecule has 0 spiro atoms. The molecule has 0 fully saturated rings. The second-order valence-electron chi connectivity index (χ2n) is 4.31. The van der Waals surface area contributed by atoms with Crippen molar-refractivity contribution in [3.05, 3.63) is 54.1 Å². The van der Waals surface area contributed by atoms with E-state index in [4.69, 9.17) is 9.84 Å². The summed E-state index contributed by atoms with van der Waals surface area (Å²) in [5, 5.41) is 8.66. The maximum Gasteiger partial charge on any atom is 0.311 e. The van der Waals surface area contributed by atoms with Crippen molar-refractivity contribution < 1.29 is 19.4 Å². The molecule has 20 heavy (non-hydrogen) atoms. The van der Waals surface area contributed by atoms with Crippen molar-refractivity contribution in [2.24, 2.45) is 0 Å². The van der Waals surface area contributed by atoms with Crippen LogP contribution in [0.1, 0.15) is 16.8 Å². The lowest BCUT2D eigenvalue weighted by Crippen LogP contribution is -2.06. The molecule has 0 aliphatic rings. The SMILES string of the molecule is COc1cccc(-c2cccc(C(=O)CC(=O)O)c2)c1. The van der Waals surface area contributed by atoms with Crippen molar-refractivity contribution >= 4 is 11.8 Å². The molecule has 0 bridgehead atoms. The van der Waals surface area contributed by atoms with E-state index in [-0.39, 0.29) is 0 Å². The van der Waals surface area contributed by atoms with Gasteiger partial charge in [-0.25, -0.2) is 0 Å². The highest BCUT2D eigenvalue weighted by atomic mass is 16.5. The normalized spacial score (nSPS) is 10.1. The van der Waals surface area contributed by atoms with Crippen LogP contribution in [0.15, 0.2) is 48.5 Å². The second kappa shape index (κ2) is 6.02. The number of carboxylic acid groups (broad SMARTS) is 1. The van der Waals surface area contributed by atoms with Gasteiger partial charge >= 0.3 is 5.97 Å². The molecular weight excluding hydrogens is 256 g/mol. The number of ketones is 1. The third-order valence-corrected chi connectivity index (χ3v) is 2.90. The van der Waals surface area contributed by atoms with E-state index in [9.17, 15) is 9.59 Å². The fourth-order valence-corrected chi connectivity index (χ4v) is 1.91. The van der Waals surface area contributed by atoms with Gasteiger partial charge < -0.3 is 9.84 Å². The molecule has 0 heterocycles. The molecule has 4 heteroatoms. The average Bonchev–Trinajstić information content (AvgIpc) is 2.47. The van der Waals surface area contributed by atoms with E-state index in [1.165, 1.54) is 0 Å². The largest absolute Gasteiger partial charge is 0.497 e. The first-order chi connectivity index (χ1) is 9.60. The third kappa shape index (κ3) is 3.23. The van der Waals surface area contributed by atoms with Gasteiger partial charge in [0, 0.05) is 5.56 Å². The predicted molar refractivity (Wildman–Crippen MR) is 75.0 cm³/mol. The van der Waals surface area contributed by atoms with Gasteiger partial charge in [0.2, 0.25) is 0 Å². The Morgan fingerprint density at radius 3 is 2.35 bits per heavy atom. The highest BCUT2D eigenvalue weighted by Crippen LogP contribution is 2.24. The molecule has 0 atom stereocenters. The van der Waals surface area contributed by atoms with Gasteiger partial charge in [0.1, 0.15) is 12.2 Å². The van der Waals surface area contributed by atoms with E-state index in [1.807, 2.05) is 30.3 Å². The first-order valence-corrected chi connectivity index (χ1v) is 6.09. The Morgan fingerprint density at radius 2 is 1.70 bits per heavy atom. The van der Waals surface area contributed by atoms with E-state index >= 15 is 0 Å². The number of carboxylic acids is 1. The van der Waals surface area contributed by atoms with Crippen LogP contribution in [0.25, 0.3) is 11.1 Å². The summed E-state index contributed by atoms with van der Waals surface area (Å²) in [4.78, 5) is 22.3. The number of hydrogen-bond donors (Lipinski definition) is 1. The molecule has 0 unspecified atom stereocenters. The number of carbonyl (C=O) groups is 2. The first-order valence-electron chi connectivity index (χ1n) is 6.09. The van der Waals surface area contributed by atoms with Crippen molar-refractivity contribution in [1.82, 2.24) is 0 Å². The standard InChI is InChI=1S/C16H14O4/c1-20-14-7-3-5-12(9-14)11-4-2-6-13(8-11)15(17)10-16(18)19/h2-9H,10H2,1H3,(H,18,19). The summed E-state index contributed by atoms with van der Waals surface area (Å²) in [6.07, 6.45) is -0.498. The first kappa shape index (κ1) is 13.8. The average molecular weight is 270 g/mol. The Morgan fingerprint density at radius 1 is 1.05 bits per heavy atom. The molecule has 0 radical (unpaired) electrons. The predicted octanol–water partition coefficient (Wildman–Crippen LogP) is 3.02. The quantitative estimate of drug-likeness (QED) is 0.670. The summed E-state index contributed by atoms with van der Waals surface area (Å²) >= 11 is 0. The minimum Gasteiger partial charge on any atom is -0.497 e. The molecule has 0 saturated carbocycles. The minimum atomic E-state index is -1.12. The van der Waals surface area contributed by atoms with Gasteiger partial charge in [-0.05, 0) is 29.3 Å². The van der Waals surface area contributed by atoms with Crippen molar-refractivity contribution in [2.75, 3.05) is 7.11 Å². The van der Waals surface area contributed by atoms with Gasteiger partial charge in [-0.15, -0.1) is 0 Å². The van der Waals surface area contributed by atoms with Crippen LogP contribution in [0.3, 0.4) is 0 Å². The monoisotopic (exact) mass is 270 g/mol. The molecule has 1 N–H and O–H groups in total. The van der Waals surface area contributed by atoms with E-state index in [0.717, 1.165) is 16.9 Å². The number of ether oxygens (including phenoxy) is 1. The van der Waals surface area contributed by atoms with Gasteiger partial charge in [-0.2, -0.15) is 0 Å². The van der Waals surface area contributed by atoms with Gasteiger partial charge in [0.25, 0.3) is 0 Å². The van der Waals surface area contributed by atoms with Crippen LogP contribution in [0.2, 0.25) is 0 Å². The summed E-state index contributed by atoms with van der Waals surface area (Å²) < 4.78 is 5.16. The zero-order valence-corrected chi connectivity index (χ0v) is 11.0. The Labute approximate surface area is 116 Å². The van der Waals surface area contributed by atoms with Gasteiger partial charge in [0.15, 0.2) is 5.78 Å². The molecule has 0 aliphatic carbocycles. The molecule has 2 rings (SSSR count). The van der Waals surface area contributed by atoms with Crippen LogP contribution in [-0.4, -0.2) is 24.0 Å². The lowest BCUT2D eigenvalue weighted by atomic mass is 10.00. The van der Waals surface area contributed by atoms with Crippen LogP contribution >= 0.6 is 0 Å². The molecule has 2 aromatic rings. The number of Topliss-reactive ketones (excluding diaryl/α,β-unsaturated/α-hetero) is 1. The summed E-state index contributed by atoms with van der Waals surface area (Å²) in [5.41, 5.74) is 2.15. The van der Waals surface area contributed by atoms with Gasteiger partial charge in [-0.3, -0.25) is 9.59 Å². The van der Waals surface area contributed by atoms with E-state index in [0.29, 0.717) is 5.56 Å². The van der Waals surface area contributed by atoms with Crippen LogP contribution in [0.4, 0.5) is 0 Å².